The van der Waals surface area contributed by atoms with Gasteiger partial charge in [0.05, 0.1) is 0 Å². The van der Waals surface area contributed by atoms with Gasteiger partial charge in [0.25, 0.3) is 0 Å². The van der Waals surface area contributed by atoms with Crippen molar-refractivity contribution in [2.75, 3.05) is 13.6 Å². The SMILES string of the molecule is CCC1CCC(N(C)C(C)C(C)CNC2CC2)CC1. The van der Waals surface area contributed by atoms with Crippen LogP contribution < -0.4 is 5.32 Å². The van der Waals surface area contributed by atoms with Crippen molar-refractivity contribution in [1.82, 2.24) is 10.2 Å². The summed E-state index contributed by atoms with van der Waals surface area (Å²) in [5.74, 6) is 1.77. The molecule has 0 heterocycles. The van der Waals surface area contributed by atoms with Crippen LogP contribution in [-0.4, -0.2) is 36.6 Å². The van der Waals surface area contributed by atoms with Crippen molar-refractivity contribution < 1.29 is 0 Å². The van der Waals surface area contributed by atoms with Crippen molar-refractivity contribution >= 4 is 0 Å². The van der Waals surface area contributed by atoms with E-state index in [1.807, 2.05) is 0 Å². The van der Waals surface area contributed by atoms with Crippen molar-refractivity contribution in [3.8, 4) is 0 Å². The Bertz CT molecular complexity index is 254. The Morgan fingerprint density at radius 3 is 2.21 bits per heavy atom. The van der Waals surface area contributed by atoms with Crippen LogP contribution in [-0.2, 0) is 0 Å². The molecular weight excluding hydrogens is 232 g/mol. The van der Waals surface area contributed by atoms with Gasteiger partial charge in [0.2, 0.25) is 0 Å². The van der Waals surface area contributed by atoms with Gasteiger partial charge in [-0.25, -0.2) is 0 Å². The van der Waals surface area contributed by atoms with E-state index < -0.39 is 0 Å². The third-order valence-electron chi connectivity index (χ3n) is 5.74. The van der Waals surface area contributed by atoms with Crippen LogP contribution in [0, 0.1) is 11.8 Å². The largest absolute Gasteiger partial charge is 0.314 e. The normalized spacial score (nSPS) is 31.4. The minimum atomic E-state index is 0.703. The van der Waals surface area contributed by atoms with Crippen molar-refractivity contribution in [3.63, 3.8) is 0 Å². The van der Waals surface area contributed by atoms with Crippen LogP contribution in [0.4, 0.5) is 0 Å². The lowest BCUT2D eigenvalue weighted by Crippen LogP contribution is -2.46. The summed E-state index contributed by atoms with van der Waals surface area (Å²) in [5, 5.41) is 3.68. The summed E-state index contributed by atoms with van der Waals surface area (Å²) in [6, 6.07) is 2.38. The van der Waals surface area contributed by atoms with Gasteiger partial charge in [-0.15, -0.1) is 0 Å². The van der Waals surface area contributed by atoms with Gasteiger partial charge in [-0.1, -0.05) is 20.3 Å². The first-order valence-electron chi connectivity index (χ1n) is 8.57. The summed E-state index contributed by atoms with van der Waals surface area (Å²) < 4.78 is 0. The second kappa shape index (κ2) is 7.08. The quantitative estimate of drug-likeness (QED) is 0.756. The van der Waals surface area contributed by atoms with Crippen LogP contribution in [0.15, 0.2) is 0 Å². The Hall–Kier alpha value is -0.0800. The molecule has 2 aliphatic rings. The van der Waals surface area contributed by atoms with E-state index in [1.54, 1.807) is 0 Å². The highest BCUT2D eigenvalue weighted by Gasteiger charge is 2.28. The molecule has 0 spiro atoms. The summed E-state index contributed by atoms with van der Waals surface area (Å²) in [7, 11) is 2.36. The number of hydrogen-bond acceptors (Lipinski definition) is 2. The number of nitrogens with zero attached hydrogens (tertiary/aromatic N) is 1. The Kier molecular flexibility index (Phi) is 5.70. The van der Waals surface area contributed by atoms with Gasteiger partial charge < -0.3 is 10.2 Å². The monoisotopic (exact) mass is 266 g/mol. The molecule has 1 N–H and O–H groups in total. The standard InChI is InChI=1S/C17H34N2/c1-5-15-6-10-17(11-7-15)19(4)14(3)13(2)12-18-16-8-9-16/h13-18H,5-12H2,1-4H3. The first-order chi connectivity index (χ1) is 9.11. The lowest BCUT2D eigenvalue weighted by molar-refractivity contribution is 0.0988. The van der Waals surface area contributed by atoms with Gasteiger partial charge in [-0.2, -0.15) is 0 Å². The Morgan fingerprint density at radius 1 is 1.05 bits per heavy atom. The highest BCUT2D eigenvalue weighted by atomic mass is 15.2. The van der Waals surface area contributed by atoms with Gasteiger partial charge >= 0.3 is 0 Å². The minimum absolute atomic E-state index is 0.703. The van der Waals surface area contributed by atoms with Gasteiger partial charge in [0.15, 0.2) is 0 Å². The van der Waals surface area contributed by atoms with Crippen LogP contribution in [0.2, 0.25) is 0 Å². The summed E-state index contributed by atoms with van der Waals surface area (Å²) in [5.41, 5.74) is 0. The van der Waals surface area contributed by atoms with Gasteiger partial charge in [-0.3, -0.25) is 0 Å². The van der Waals surface area contributed by atoms with E-state index in [4.69, 9.17) is 0 Å². The highest BCUT2D eigenvalue weighted by Crippen LogP contribution is 2.30. The smallest absolute Gasteiger partial charge is 0.0105 e. The van der Waals surface area contributed by atoms with E-state index in [9.17, 15) is 0 Å². The molecule has 2 fully saturated rings. The lowest BCUT2D eigenvalue weighted by Gasteiger charge is -2.40. The third-order valence-corrected chi connectivity index (χ3v) is 5.74. The summed E-state index contributed by atoms with van der Waals surface area (Å²) >= 11 is 0. The van der Waals surface area contributed by atoms with E-state index in [1.165, 1.54) is 51.5 Å². The van der Waals surface area contributed by atoms with E-state index in [0.717, 1.165) is 23.9 Å². The van der Waals surface area contributed by atoms with E-state index in [2.05, 4.69) is 38.0 Å². The molecule has 0 radical (unpaired) electrons. The fourth-order valence-electron chi connectivity index (χ4n) is 3.50. The van der Waals surface area contributed by atoms with Gasteiger partial charge in [0, 0.05) is 18.1 Å². The molecule has 0 aromatic heterocycles. The predicted molar refractivity (Wildman–Crippen MR) is 83.5 cm³/mol. The molecule has 2 unspecified atom stereocenters. The average Bonchev–Trinajstić information content (AvgIpc) is 3.27. The maximum Gasteiger partial charge on any atom is 0.0105 e. The molecule has 19 heavy (non-hydrogen) atoms. The van der Waals surface area contributed by atoms with Gasteiger partial charge in [-0.05, 0) is 70.9 Å². The second-order valence-corrected chi connectivity index (χ2v) is 7.15. The molecule has 0 bridgehead atoms. The molecule has 0 saturated heterocycles. The van der Waals surface area contributed by atoms with Gasteiger partial charge in [0.1, 0.15) is 0 Å². The van der Waals surface area contributed by atoms with Crippen molar-refractivity contribution in [3.05, 3.63) is 0 Å². The molecule has 0 aromatic rings. The molecule has 2 heteroatoms. The zero-order chi connectivity index (χ0) is 13.8. The minimum Gasteiger partial charge on any atom is -0.314 e. The number of rotatable bonds is 7. The zero-order valence-corrected chi connectivity index (χ0v) is 13.5. The van der Waals surface area contributed by atoms with E-state index >= 15 is 0 Å². The number of hydrogen-bond donors (Lipinski definition) is 1. The lowest BCUT2D eigenvalue weighted by atomic mass is 9.83. The van der Waals surface area contributed by atoms with Crippen LogP contribution in [0.3, 0.4) is 0 Å². The fraction of sp³-hybridized carbons (Fsp3) is 1.00. The predicted octanol–water partition coefficient (Wildman–Crippen LogP) is 3.66. The topological polar surface area (TPSA) is 15.3 Å². The van der Waals surface area contributed by atoms with Crippen LogP contribution in [0.25, 0.3) is 0 Å². The number of nitrogens with one attached hydrogen (secondary N) is 1. The van der Waals surface area contributed by atoms with E-state index in [0.29, 0.717) is 6.04 Å². The molecule has 2 saturated carbocycles. The molecule has 0 aromatic carbocycles. The van der Waals surface area contributed by atoms with Crippen LogP contribution in [0.5, 0.6) is 0 Å². The molecule has 0 aliphatic heterocycles. The molecule has 2 nitrogen and oxygen atoms in total. The van der Waals surface area contributed by atoms with Crippen molar-refractivity contribution in [1.29, 1.82) is 0 Å². The summed E-state index contributed by atoms with van der Waals surface area (Å²) in [6.45, 7) is 8.38. The van der Waals surface area contributed by atoms with Crippen LogP contribution >= 0.6 is 0 Å². The third kappa shape index (κ3) is 4.46. The first kappa shape index (κ1) is 15.3. The maximum atomic E-state index is 3.68. The average molecular weight is 266 g/mol. The Labute approximate surface area is 120 Å². The molecule has 0 amide bonds. The molecule has 2 rings (SSSR count). The fourth-order valence-corrected chi connectivity index (χ4v) is 3.50. The maximum absolute atomic E-state index is 3.68. The molecule has 2 atom stereocenters. The molecular formula is C17H34N2. The summed E-state index contributed by atoms with van der Waals surface area (Å²) in [6.07, 6.45) is 9.92. The Morgan fingerprint density at radius 2 is 1.68 bits per heavy atom. The Balaban J connectivity index is 1.72. The second-order valence-electron chi connectivity index (χ2n) is 7.15. The highest BCUT2D eigenvalue weighted by molar-refractivity contribution is 4.85. The molecule has 112 valence electrons. The van der Waals surface area contributed by atoms with E-state index in [-0.39, 0.29) is 0 Å². The first-order valence-corrected chi connectivity index (χ1v) is 8.57. The van der Waals surface area contributed by atoms with Crippen LogP contribution in [0.1, 0.15) is 65.7 Å². The van der Waals surface area contributed by atoms with Crippen molar-refractivity contribution in [2.45, 2.75) is 83.8 Å². The summed E-state index contributed by atoms with van der Waals surface area (Å²) in [4.78, 5) is 2.67. The zero-order valence-electron chi connectivity index (χ0n) is 13.5. The molecule has 2 aliphatic carbocycles. The van der Waals surface area contributed by atoms with Crippen molar-refractivity contribution in [2.24, 2.45) is 11.8 Å².